The number of halogens is 3. The third-order valence-corrected chi connectivity index (χ3v) is 2.55. The Morgan fingerprint density at radius 2 is 2.07 bits per heavy atom. The number of rotatable bonds is 3. The van der Waals surface area contributed by atoms with E-state index in [1.807, 2.05) is 0 Å². The molecule has 0 saturated carbocycles. The minimum absolute atomic E-state index is 0.0699. The molecule has 0 amide bonds. The molecule has 0 aliphatic heterocycles. The SMILES string of the molecule is NCC(O)c1ccc(C(F)F)c(Br)c1. The fraction of sp³-hybridized carbons (Fsp3) is 0.333. The van der Waals surface area contributed by atoms with Crippen LogP contribution in [0.2, 0.25) is 0 Å². The molecule has 0 aliphatic carbocycles. The second-order valence-electron chi connectivity index (χ2n) is 2.83. The Bertz CT molecular complexity index is 320. The van der Waals surface area contributed by atoms with Gasteiger partial charge in [-0.2, -0.15) is 0 Å². The summed E-state index contributed by atoms with van der Waals surface area (Å²) in [6, 6.07) is 4.19. The van der Waals surface area contributed by atoms with Crippen LogP contribution in [0.25, 0.3) is 0 Å². The standard InChI is InChI=1S/C9H10BrF2NO/c10-7-3-5(8(14)4-13)1-2-6(7)9(11)12/h1-3,8-9,14H,4,13H2. The summed E-state index contributed by atoms with van der Waals surface area (Å²) in [5.74, 6) is 0. The minimum atomic E-state index is -2.52. The van der Waals surface area contributed by atoms with Gasteiger partial charge in [0.05, 0.1) is 6.10 Å². The topological polar surface area (TPSA) is 46.2 Å². The third kappa shape index (κ3) is 2.50. The van der Waals surface area contributed by atoms with Crippen LogP contribution in [0.4, 0.5) is 8.78 Å². The summed E-state index contributed by atoms with van der Waals surface area (Å²) in [5, 5.41) is 9.35. The Labute approximate surface area is 88.9 Å². The summed E-state index contributed by atoms with van der Waals surface area (Å²) < 4.78 is 24.9. The highest BCUT2D eigenvalue weighted by Gasteiger charge is 2.13. The summed E-state index contributed by atoms with van der Waals surface area (Å²) in [6.07, 6.45) is -3.33. The monoisotopic (exact) mass is 265 g/mol. The second-order valence-corrected chi connectivity index (χ2v) is 3.69. The molecule has 78 valence electrons. The molecule has 0 fully saturated rings. The first-order chi connectivity index (χ1) is 6.56. The van der Waals surface area contributed by atoms with Crippen molar-refractivity contribution in [3.05, 3.63) is 33.8 Å². The van der Waals surface area contributed by atoms with E-state index in [1.165, 1.54) is 18.2 Å². The molecule has 14 heavy (non-hydrogen) atoms. The van der Waals surface area contributed by atoms with Gasteiger partial charge in [-0.3, -0.25) is 0 Å². The van der Waals surface area contributed by atoms with Gasteiger partial charge in [-0.25, -0.2) is 8.78 Å². The highest BCUT2D eigenvalue weighted by molar-refractivity contribution is 9.10. The molecule has 0 aliphatic rings. The molecule has 0 bridgehead atoms. The molecule has 2 nitrogen and oxygen atoms in total. The predicted molar refractivity (Wildman–Crippen MR) is 53.1 cm³/mol. The zero-order valence-electron chi connectivity index (χ0n) is 7.25. The maximum absolute atomic E-state index is 12.3. The lowest BCUT2D eigenvalue weighted by molar-refractivity contribution is 0.150. The predicted octanol–water partition coefficient (Wildman–Crippen LogP) is 2.38. The van der Waals surface area contributed by atoms with Crippen molar-refractivity contribution in [3.8, 4) is 0 Å². The number of benzene rings is 1. The molecule has 3 N–H and O–H groups in total. The second kappa shape index (κ2) is 4.82. The van der Waals surface area contributed by atoms with Crippen LogP contribution in [0, 0.1) is 0 Å². The lowest BCUT2D eigenvalue weighted by atomic mass is 10.1. The summed E-state index contributed by atoms with van der Waals surface area (Å²) >= 11 is 3.01. The summed E-state index contributed by atoms with van der Waals surface area (Å²) in [6.45, 7) is 0.0699. The van der Waals surface area contributed by atoms with Crippen molar-refractivity contribution in [1.29, 1.82) is 0 Å². The zero-order chi connectivity index (χ0) is 10.7. The van der Waals surface area contributed by atoms with Gasteiger partial charge < -0.3 is 10.8 Å². The van der Waals surface area contributed by atoms with Crippen LogP contribution in [0.1, 0.15) is 23.7 Å². The fourth-order valence-corrected chi connectivity index (χ4v) is 1.63. The molecule has 5 heteroatoms. The van der Waals surface area contributed by atoms with Crippen LogP contribution in [0.3, 0.4) is 0 Å². The first-order valence-electron chi connectivity index (χ1n) is 4.02. The average molecular weight is 266 g/mol. The molecule has 1 unspecified atom stereocenters. The van der Waals surface area contributed by atoms with Crippen molar-refractivity contribution in [2.75, 3.05) is 6.54 Å². The van der Waals surface area contributed by atoms with Gasteiger partial charge in [0.2, 0.25) is 0 Å². The quantitative estimate of drug-likeness (QED) is 0.882. The Hall–Kier alpha value is -0.520. The summed E-state index contributed by atoms with van der Waals surface area (Å²) in [7, 11) is 0. The molecule has 1 aromatic rings. The zero-order valence-corrected chi connectivity index (χ0v) is 8.84. The Balaban J connectivity index is 3.00. The smallest absolute Gasteiger partial charge is 0.264 e. The van der Waals surface area contributed by atoms with Crippen LogP contribution in [-0.2, 0) is 0 Å². The number of nitrogens with two attached hydrogens (primary N) is 1. The van der Waals surface area contributed by atoms with Crippen molar-refractivity contribution < 1.29 is 13.9 Å². The van der Waals surface area contributed by atoms with Gasteiger partial charge in [-0.05, 0) is 11.6 Å². The van der Waals surface area contributed by atoms with Crippen molar-refractivity contribution >= 4 is 15.9 Å². The van der Waals surface area contributed by atoms with Gasteiger partial charge in [0.1, 0.15) is 0 Å². The molecule has 1 aromatic carbocycles. The van der Waals surface area contributed by atoms with E-state index in [2.05, 4.69) is 15.9 Å². The average Bonchev–Trinajstić information content (AvgIpc) is 2.15. The first kappa shape index (κ1) is 11.6. The molecule has 0 radical (unpaired) electrons. The van der Waals surface area contributed by atoms with Crippen LogP contribution in [0.5, 0.6) is 0 Å². The van der Waals surface area contributed by atoms with Crippen molar-refractivity contribution in [2.24, 2.45) is 5.73 Å². The molecule has 0 saturated heterocycles. The van der Waals surface area contributed by atoms with E-state index in [-0.39, 0.29) is 16.6 Å². The summed E-state index contributed by atoms with van der Waals surface area (Å²) in [5.41, 5.74) is 5.68. The molecule has 1 atom stereocenters. The lowest BCUT2D eigenvalue weighted by Gasteiger charge is -2.10. The molecule has 0 spiro atoms. The third-order valence-electron chi connectivity index (χ3n) is 1.87. The Morgan fingerprint density at radius 3 is 2.50 bits per heavy atom. The van der Waals surface area contributed by atoms with E-state index in [0.29, 0.717) is 5.56 Å². The van der Waals surface area contributed by atoms with Gasteiger partial charge in [0.25, 0.3) is 6.43 Å². The van der Waals surface area contributed by atoms with Gasteiger partial charge in [-0.1, -0.05) is 28.1 Å². The van der Waals surface area contributed by atoms with Gasteiger partial charge in [-0.15, -0.1) is 0 Å². The fourth-order valence-electron chi connectivity index (χ4n) is 1.06. The van der Waals surface area contributed by atoms with E-state index in [4.69, 9.17) is 5.73 Å². The van der Waals surface area contributed by atoms with Crippen molar-refractivity contribution in [3.63, 3.8) is 0 Å². The molecular weight excluding hydrogens is 256 g/mol. The van der Waals surface area contributed by atoms with E-state index in [0.717, 1.165) is 0 Å². The molecule has 0 aromatic heterocycles. The number of hydrogen-bond acceptors (Lipinski definition) is 2. The molecule has 0 heterocycles. The maximum atomic E-state index is 12.3. The van der Waals surface area contributed by atoms with E-state index in [1.54, 1.807) is 0 Å². The summed E-state index contributed by atoms with van der Waals surface area (Å²) in [4.78, 5) is 0. The highest BCUT2D eigenvalue weighted by atomic mass is 79.9. The van der Waals surface area contributed by atoms with Gasteiger partial charge in [0.15, 0.2) is 0 Å². The number of aliphatic hydroxyl groups is 1. The van der Waals surface area contributed by atoms with Crippen LogP contribution in [0.15, 0.2) is 22.7 Å². The molecule has 1 rings (SSSR count). The van der Waals surface area contributed by atoms with Crippen molar-refractivity contribution in [2.45, 2.75) is 12.5 Å². The largest absolute Gasteiger partial charge is 0.387 e. The van der Waals surface area contributed by atoms with E-state index < -0.39 is 12.5 Å². The highest BCUT2D eigenvalue weighted by Crippen LogP contribution is 2.29. The van der Waals surface area contributed by atoms with Crippen LogP contribution >= 0.6 is 15.9 Å². The van der Waals surface area contributed by atoms with Crippen LogP contribution in [-0.4, -0.2) is 11.7 Å². The maximum Gasteiger partial charge on any atom is 0.264 e. The number of alkyl halides is 2. The van der Waals surface area contributed by atoms with E-state index >= 15 is 0 Å². The van der Waals surface area contributed by atoms with Crippen LogP contribution < -0.4 is 5.73 Å². The Kier molecular flexibility index (Phi) is 3.97. The first-order valence-corrected chi connectivity index (χ1v) is 4.81. The number of hydrogen-bond donors (Lipinski definition) is 2. The van der Waals surface area contributed by atoms with Crippen molar-refractivity contribution in [1.82, 2.24) is 0 Å². The minimum Gasteiger partial charge on any atom is -0.387 e. The van der Waals surface area contributed by atoms with Gasteiger partial charge >= 0.3 is 0 Å². The lowest BCUT2D eigenvalue weighted by Crippen LogP contribution is -2.11. The number of aliphatic hydroxyl groups excluding tert-OH is 1. The van der Waals surface area contributed by atoms with E-state index in [9.17, 15) is 13.9 Å². The normalized spacial score (nSPS) is 13.3. The van der Waals surface area contributed by atoms with Gasteiger partial charge in [0, 0.05) is 16.6 Å². The molecular formula is C9H10BrF2NO. The Morgan fingerprint density at radius 1 is 1.43 bits per heavy atom.